The van der Waals surface area contributed by atoms with Gasteiger partial charge in [0.05, 0.1) is 6.16 Å². The number of hydrogen-bond donors (Lipinski definition) is 3. The Bertz CT molecular complexity index is 804. The van der Waals surface area contributed by atoms with E-state index in [9.17, 15) is 8.96 Å². The van der Waals surface area contributed by atoms with Crippen molar-refractivity contribution in [3.63, 3.8) is 0 Å². The second-order valence-corrected chi connectivity index (χ2v) is 10.7. The molecule has 4 nitrogen and oxygen atoms in total. The van der Waals surface area contributed by atoms with E-state index >= 15 is 0 Å². The van der Waals surface area contributed by atoms with Gasteiger partial charge in [-0.2, -0.15) is 0 Å². The van der Waals surface area contributed by atoms with E-state index in [-0.39, 0.29) is 12.0 Å². The van der Waals surface area contributed by atoms with E-state index in [1.807, 2.05) is 12.1 Å². The lowest BCUT2D eigenvalue weighted by Crippen LogP contribution is -2.16. The summed E-state index contributed by atoms with van der Waals surface area (Å²) >= 11 is 5.04. The lowest BCUT2D eigenvalue weighted by Gasteiger charge is -2.11. The third-order valence-corrected chi connectivity index (χ3v) is 7.18. The van der Waals surface area contributed by atoms with Gasteiger partial charge in [0.15, 0.2) is 0 Å². The van der Waals surface area contributed by atoms with Crippen LogP contribution in [0, 0.1) is 5.82 Å². The second kappa shape index (κ2) is 12.9. The first kappa shape index (κ1) is 24.6. The molecular weight excluding hydrogens is 476 g/mol. The fraction of sp³-hybridized carbons (Fsp3) is 0.429. The van der Waals surface area contributed by atoms with Crippen molar-refractivity contribution in [1.82, 2.24) is 5.32 Å². The monoisotopic (exact) mass is 503 g/mol. The summed E-state index contributed by atoms with van der Waals surface area (Å²) in [6, 6.07) is 13.8. The SMILES string of the molecule is O=P(O)(O)CCCNCc1cc(F)c(SCCCCCc2ccccc2)cc1Br. The minimum absolute atomic E-state index is 0.142. The summed E-state index contributed by atoms with van der Waals surface area (Å²) < 4.78 is 26.0. The van der Waals surface area contributed by atoms with Crippen molar-refractivity contribution < 1.29 is 18.7 Å². The largest absolute Gasteiger partial charge is 0.325 e. The van der Waals surface area contributed by atoms with E-state index in [4.69, 9.17) is 9.79 Å². The van der Waals surface area contributed by atoms with Crippen LogP contribution >= 0.6 is 35.3 Å². The zero-order chi connectivity index (χ0) is 21.1. The molecule has 2 rings (SSSR count). The normalized spacial score (nSPS) is 11.7. The molecule has 3 N–H and O–H groups in total. The van der Waals surface area contributed by atoms with Crippen LogP contribution in [0.25, 0.3) is 0 Å². The number of rotatable bonds is 13. The highest BCUT2D eigenvalue weighted by Gasteiger charge is 2.12. The Kier molecular flexibility index (Phi) is 10.9. The third kappa shape index (κ3) is 10.3. The Morgan fingerprint density at radius 1 is 1.07 bits per heavy atom. The predicted octanol–water partition coefficient (Wildman–Crippen LogP) is 5.75. The van der Waals surface area contributed by atoms with Crippen LogP contribution in [0.15, 0.2) is 51.8 Å². The van der Waals surface area contributed by atoms with Crippen molar-refractivity contribution in [2.75, 3.05) is 18.5 Å². The zero-order valence-corrected chi connectivity index (χ0v) is 19.6. The van der Waals surface area contributed by atoms with Crippen molar-refractivity contribution >= 4 is 35.3 Å². The van der Waals surface area contributed by atoms with Gasteiger partial charge in [0.2, 0.25) is 0 Å². The van der Waals surface area contributed by atoms with Crippen molar-refractivity contribution in [3.05, 3.63) is 63.9 Å². The molecule has 0 unspecified atom stereocenters. The minimum atomic E-state index is -3.95. The molecular formula is C21H28BrFNO3PS. The summed E-state index contributed by atoms with van der Waals surface area (Å²) in [4.78, 5) is 18.3. The molecule has 160 valence electrons. The molecule has 2 aromatic carbocycles. The number of halogens is 2. The van der Waals surface area contributed by atoms with Crippen molar-refractivity contribution in [1.29, 1.82) is 0 Å². The lowest BCUT2D eigenvalue weighted by atomic mass is 10.1. The molecule has 0 bridgehead atoms. The second-order valence-electron chi connectivity index (χ2n) is 6.94. The third-order valence-electron chi connectivity index (χ3n) is 4.43. The molecule has 0 fully saturated rings. The number of benzene rings is 2. The Morgan fingerprint density at radius 2 is 1.83 bits per heavy atom. The maximum absolute atomic E-state index is 14.4. The lowest BCUT2D eigenvalue weighted by molar-refractivity contribution is 0.371. The first-order valence-electron chi connectivity index (χ1n) is 9.75. The fourth-order valence-corrected chi connectivity index (χ4v) is 5.06. The first-order valence-corrected chi connectivity index (χ1v) is 13.3. The quantitative estimate of drug-likeness (QED) is 0.184. The number of hydrogen-bond acceptors (Lipinski definition) is 3. The maximum atomic E-state index is 14.4. The summed E-state index contributed by atoms with van der Waals surface area (Å²) in [5.41, 5.74) is 2.16. The van der Waals surface area contributed by atoms with E-state index in [1.165, 1.54) is 23.4 Å². The molecule has 0 aliphatic carbocycles. The number of unbranched alkanes of at least 4 members (excludes halogenated alkanes) is 2. The highest BCUT2D eigenvalue weighted by Crippen LogP contribution is 2.34. The predicted molar refractivity (Wildman–Crippen MR) is 122 cm³/mol. The summed E-state index contributed by atoms with van der Waals surface area (Å²) in [6.45, 7) is 0.918. The van der Waals surface area contributed by atoms with Gasteiger partial charge in [0.25, 0.3) is 0 Å². The van der Waals surface area contributed by atoms with Crippen molar-refractivity contribution in [3.8, 4) is 0 Å². The molecule has 0 heterocycles. The highest BCUT2D eigenvalue weighted by atomic mass is 79.9. The Labute approximate surface area is 185 Å². The molecule has 8 heteroatoms. The van der Waals surface area contributed by atoms with E-state index in [1.54, 1.807) is 0 Å². The van der Waals surface area contributed by atoms with Gasteiger partial charge in [-0.3, -0.25) is 4.57 Å². The molecule has 0 atom stereocenters. The van der Waals surface area contributed by atoms with Crippen LogP contribution in [0.2, 0.25) is 0 Å². The van der Waals surface area contributed by atoms with Crippen LogP contribution < -0.4 is 5.32 Å². The van der Waals surface area contributed by atoms with Gasteiger partial charge >= 0.3 is 7.60 Å². The van der Waals surface area contributed by atoms with Crippen LogP contribution in [-0.4, -0.2) is 28.2 Å². The van der Waals surface area contributed by atoms with Gasteiger partial charge in [-0.05, 0) is 61.2 Å². The Morgan fingerprint density at radius 3 is 2.55 bits per heavy atom. The zero-order valence-electron chi connectivity index (χ0n) is 16.3. The standard InChI is InChI=1S/C21H28BrFNO3PS/c22-19-15-21(29-13-6-2-5-10-17-8-3-1-4-9-17)20(23)14-18(19)16-24-11-7-12-28(25,26)27/h1,3-4,8-9,14-15,24H,2,5-7,10-13,16H2,(H2,25,26,27). The molecule has 0 aromatic heterocycles. The van der Waals surface area contributed by atoms with Crippen LogP contribution in [0.5, 0.6) is 0 Å². The van der Waals surface area contributed by atoms with Crippen LogP contribution in [0.4, 0.5) is 4.39 Å². The van der Waals surface area contributed by atoms with E-state index < -0.39 is 7.60 Å². The van der Waals surface area contributed by atoms with Crippen molar-refractivity contribution in [2.24, 2.45) is 0 Å². The summed E-state index contributed by atoms with van der Waals surface area (Å²) in [6.07, 6.45) is 4.64. The number of thioether (sulfide) groups is 1. The van der Waals surface area contributed by atoms with Gasteiger partial charge < -0.3 is 15.1 Å². The number of nitrogens with one attached hydrogen (secondary N) is 1. The maximum Gasteiger partial charge on any atom is 0.325 e. The van der Waals surface area contributed by atoms with Gasteiger partial charge in [0.1, 0.15) is 5.82 Å². The molecule has 0 spiro atoms. The summed E-state index contributed by atoms with van der Waals surface area (Å²) in [5, 5.41) is 3.09. The molecule has 0 radical (unpaired) electrons. The van der Waals surface area contributed by atoms with Gasteiger partial charge in [-0.1, -0.05) is 52.7 Å². The molecule has 0 aliphatic rings. The smallest absolute Gasteiger partial charge is 0.324 e. The average molecular weight is 504 g/mol. The fourth-order valence-electron chi connectivity index (χ4n) is 2.88. The molecule has 0 amide bonds. The van der Waals surface area contributed by atoms with Crippen LogP contribution in [-0.2, 0) is 17.5 Å². The molecule has 0 aliphatic heterocycles. The molecule has 29 heavy (non-hydrogen) atoms. The van der Waals surface area contributed by atoms with Gasteiger partial charge in [0, 0.05) is 15.9 Å². The van der Waals surface area contributed by atoms with Crippen molar-refractivity contribution in [2.45, 2.75) is 43.5 Å². The van der Waals surface area contributed by atoms with Crippen LogP contribution in [0.1, 0.15) is 36.8 Å². The number of aryl methyl sites for hydroxylation is 1. The van der Waals surface area contributed by atoms with Crippen LogP contribution in [0.3, 0.4) is 0 Å². The highest BCUT2D eigenvalue weighted by molar-refractivity contribution is 9.10. The summed E-state index contributed by atoms with van der Waals surface area (Å²) in [5.74, 6) is 0.660. The van der Waals surface area contributed by atoms with E-state index in [0.717, 1.165) is 41.5 Å². The average Bonchev–Trinajstić information content (AvgIpc) is 2.67. The first-order chi connectivity index (χ1) is 13.8. The molecule has 0 saturated heterocycles. The Balaban J connectivity index is 1.68. The summed E-state index contributed by atoms with van der Waals surface area (Å²) in [7, 11) is -3.95. The topological polar surface area (TPSA) is 69.6 Å². The molecule has 2 aromatic rings. The minimum Gasteiger partial charge on any atom is -0.324 e. The Hall–Kier alpha value is -0.690. The van der Waals surface area contributed by atoms with E-state index in [0.29, 0.717) is 24.4 Å². The van der Waals surface area contributed by atoms with E-state index in [2.05, 4.69) is 45.5 Å². The van der Waals surface area contributed by atoms with Gasteiger partial charge in [-0.25, -0.2) is 4.39 Å². The van der Waals surface area contributed by atoms with Gasteiger partial charge in [-0.15, -0.1) is 11.8 Å². The molecule has 0 saturated carbocycles.